The van der Waals surface area contributed by atoms with E-state index in [1.807, 2.05) is 0 Å². The largest absolute Gasteiger partial charge is 0.394 e. The van der Waals surface area contributed by atoms with Gasteiger partial charge in [0.1, 0.15) is 12.2 Å². The summed E-state index contributed by atoms with van der Waals surface area (Å²) in [4.78, 5) is 12.6. The number of hydrogen-bond acceptors (Lipinski definition) is 5. The van der Waals surface area contributed by atoms with Crippen LogP contribution in [0.4, 0.5) is 0 Å². The van der Waals surface area contributed by atoms with Gasteiger partial charge in [-0.1, -0.05) is 249 Å². The van der Waals surface area contributed by atoms with Gasteiger partial charge in [-0.3, -0.25) is 4.79 Å². The van der Waals surface area contributed by atoms with E-state index in [0.717, 1.165) is 51.4 Å². The first kappa shape index (κ1) is 59.5. The number of carbonyl (C=O) groups is 1. The molecular formula is C55H105NO5. The Bertz CT molecular complexity index is 966. The van der Waals surface area contributed by atoms with Crippen LogP contribution in [0.1, 0.15) is 277 Å². The molecular weight excluding hydrogens is 755 g/mol. The molecule has 0 aliphatic rings. The quantitative estimate of drug-likeness (QED) is 0.0309. The highest BCUT2D eigenvalue weighted by molar-refractivity contribution is 5.80. The van der Waals surface area contributed by atoms with Gasteiger partial charge in [-0.15, -0.1) is 0 Å². The summed E-state index contributed by atoms with van der Waals surface area (Å²) >= 11 is 0. The van der Waals surface area contributed by atoms with Gasteiger partial charge in [-0.05, 0) is 64.2 Å². The van der Waals surface area contributed by atoms with E-state index in [1.54, 1.807) is 0 Å². The third kappa shape index (κ3) is 43.6. The molecule has 4 atom stereocenters. The lowest BCUT2D eigenvalue weighted by Crippen LogP contribution is -2.53. The van der Waals surface area contributed by atoms with Crippen LogP contribution in [-0.4, -0.2) is 57.3 Å². The topological polar surface area (TPSA) is 110 Å². The predicted octanol–water partition coefficient (Wildman–Crippen LogP) is 15.2. The molecule has 6 nitrogen and oxygen atoms in total. The van der Waals surface area contributed by atoms with Crippen LogP contribution >= 0.6 is 0 Å². The summed E-state index contributed by atoms with van der Waals surface area (Å²) in [5, 5.41) is 43.9. The highest BCUT2D eigenvalue weighted by Gasteiger charge is 2.28. The number of allylic oxidation sites excluding steroid dienone is 6. The molecule has 0 heterocycles. The van der Waals surface area contributed by atoms with Crippen molar-refractivity contribution < 1.29 is 25.2 Å². The predicted molar refractivity (Wildman–Crippen MR) is 265 cm³/mol. The number of amides is 1. The maximum Gasteiger partial charge on any atom is 0.249 e. The SMILES string of the molecule is CCCCCCCC/C=C/CC/C=C/CC/C=C/CCCC(O)C(O)C(CO)NC(=O)C(O)CCCCCCCCCCCCCCCCCCCCCCCCCCCC. The van der Waals surface area contributed by atoms with Crippen molar-refractivity contribution in [2.75, 3.05) is 6.61 Å². The first-order valence-corrected chi connectivity index (χ1v) is 26.9. The van der Waals surface area contributed by atoms with Crippen LogP contribution < -0.4 is 5.32 Å². The molecule has 1 amide bonds. The molecule has 0 saturated heterocycles. The lowest BCUT2D eigenvalue weighted by Gasteiger charge is -2.27. The molecule has 360 valence electrons. The first-order valence-electron chi connectivity index (χ1n) is 26.9. The highest BCUT2D eigenvalue weighted by atomic mass is 16.3. The molecule has 0 aliphatic carbocycles. The van der Waals surface area contributed by atoms with Crippen LogP contribution in [0.2, 0.25) is 0 Å². The van der Waals surface area contributed by atoms with Crippen molar-refractivity contribution in [3.63, 3.8) is 0 Å². The van der Waals surface area contributed by atoms with Crippen molar-refractivity contribution in [3.05, 3.63) is 36.5 Å². The Morgan fingerprint density at radius 1 is 0.393 bits per heavy atom. The third-order valence-corrected chi connectivity index (χ3v) is 12.6. The second-order valence-corrected chi connectivity index (χ2v) is 18.6. The number of aliphatic hydroxyl groups excluding tert-OH is 4. The fourth-order valence-electron chi connectivity index (χ4n) is 8.32. The molecule has 61 heavy (non-hydrogen) atoms. The second-order valence-electron chi connectivity index (χ2n) is 18.6. The monoisotopic (exact) mass is 860 g/mol. The molecule has 0 aliphatic heterocycles. The summed E-state index contributed by atoms with van der Waals surface area (Å²) < 4.78 is 0. The maximum atomic E-state index is 12.6. The molecule has 0 fully saturated rings. The first-order chi connectivity index (χ1) is 30.0. The molecule has 0 spiro atoms. The van der Waals surface area contributed by atoms with Crippen molar-refractivity contribution in [2.45, 2.75) is 301 Å². The van der Waals surface area contributed by atoms with Gasteiger partial charge >= 0.3 is 0 Å². The van der Waals surface area contributed by atoms with Crippen LogP contribution in [0.3, 0.4) is 0 Å². The zero-order valence-electron chi connectivity index (χ0n) is 40.7. The van der Waals surface area contributed by atoms with Gasteiger partial charge in [0.2, 0.25) is 5.91 Å². The molecule has 4 unspecified atom stereocenters. The molecule has 0 aromatic heterocycles. The van der Waals surface area contributed by atoms with E-state index in [4.69, 9.17) is 0 Å². The summed E-state index contributed by atoms with van der Waals surface area (Å²) in [7, 11) is 0. The van der Waals surface area contributed by atoms with Crippen molar-refractivity contribution in [2.24, 2.45) is 0 Å². The average Bonchev–Trinajstić information content (AvgIpc) is 3.26. The molecule has 0 rings (SSSR count). The molecule has 0 saturated carbocycles. The summed E-state index contributed by atoms with van der Waals surface area (Å²) in [6, 6.07) is -1.01. The van der Waals surface area contributed by atoms with Gasteiger partial charge in [0.25, 0.3) is 0 Å². The number of hydrogen-bond donors (Lipinski definition) is 5. The average molecular weight is 860 g/mol. The molecule has 0 aromatic rings. The van der Waals surface area contributed by atoms with Crippen LogP contribution in [-0.2, 0) is 4.79 Å². The van der Waals surface area contributed by atoms with E-state index in [0.29, 0.717) is 19.3 Å². The van der Waals surface area contributed by atoms with Gasteiger partial charge in [0.15, 0.2) is 0 Å². The van der Waals surface area contributed by atoms with Crippen molar-refractivity contribution >= 4 is 5.91 Å². The van der Waals surface area contributed by atoms with E-state index < -0.39 is 36.9 Å². The lowest BCUT2D eigenvalue weighted by atomic mass is 10.00. The maximum absolute atomic E-state index is 12.6. The van der Waals surface area contributed by atoms with Crippen LogP contribution in [0.25, 0.3) is 0 Å². The number of aliphatic hydroxyl groups is 4. The van der Waals surface area contributed by atoms with Crippen LogP contribution in [0.5, 0.6) is 0 Å². The number of nitrogens with one attached hydrogen (secondary N) is 1. The summed E-state index contributed by atoms with van der Waals surface area (Å²) in [6.07, 6.45) is 60.6. The zero-order chi connectivity index (χ0) is 44.5. The highest BCUT2D eigenvalue weighted by Crippen LogP contribution is 2.17. The second kappa shape index (κ2) is 49.5. The summed E-state index contributed by atoms with van der Waals surface area (Å²) in [5.41, 5.74) is 0. The molecule has 0 bridgehead atoms. The van der Waals surface area contributed by atoms with E-state index in [1.165, 1.54) is 193 Å². The van der Waals surface area contributed by atoms with E-state index in [9.17, 15) is 25.2 Å². The van der Waals surface area contributed by atoms with Crippen molar-refractivity contribution in [3.8, 4) is 0 Å². The standard InChI is InChI=1S/C55H105NO5/c1-3-5-7-9-11-13-15-17-19-21-23-24-25-26-27-28-29-31-33-35-37-39-41-43-45-47-49-53(59)55(61)56-51(50-57)54(60)52(58)48-46-44-42-40-38-36-34-32-30-22-20-18-16-14-12-10-8-6-4-2/h18,20,32,34,40,42,51-54,57-60H,3-17,19,21-31,33,35-39,41,43-50H2,1-2H3,(H,56,61)/b20-18+,34-32+,42-40+. The Labute approximate surface area is 379 Å². The molecule has 5 N–H and O–H groups in total. The van der Waals surface area contributed by atoms with E-state index in [-0.39, 0.29) is 0 Å². The molecule has 6 heteroatoms. The third-order valence-electron chi connectivity index (χ3n) is 12.6. The fourth-order valence-corrected chi connectivity index (χ4v) is 8.32. The van der Waals surface area contributed by atoms with Crippen LogP contribution in [0, 0.1) is 0 Å². The Morgan fingerprint density at radius 3 is 1.03 bits per heavy atom. The van der Waals surface area contributed by atoms with Gasteiger partial charge in [-0.2, -0.15) is 0 Å². The normalized spacial score (nSPS) is 14.1. The molecule has 0 radical (unpaired) electrons. The van der Waals surface area contributed by atoms with Gasteiger partial charge in [-0.25, -0.2) is 0 Å². The Kier molecular flexibility index (Phi) is 48.3. The van der Waals surface area contributed by atoms with Crippen molar-refractivity contribution in [1.29, 1.82) is 0 Å². The Hall–Kier alpha value is -1.47. The van der Waals surface area contributed by atoms with Crippen molar-refractivity contribution in [1.82, 2.24) is 5.32 Å². The number of carbonyl (C=O) groups excluding carboxylic acids is 1. The summed E-state index contributed by atoms with van der Waals surface area (Å²) in [5.74, 6) is -0.596. The Morgan fingerprint density at radius 2 is 0.689 bits per heavy atom. The van der Waals surface area contributed by atoms with Crippen LogP contribution in [0.15, 0.2) is 36.5 Å². The van der Waals surface area contributed by atoms with E-state index >= 15 is 0 Å². The van der Waals surface area contributed by atoms with Gasteiger partial charge in [0.05, 0.1) is 18.8 Å². The summed E-state index contributed by atoms with van der Waals surface area (Å²) in [6.45, 7) is 4.05. The fraction of sp³-hybridized carbons (Fsp3) is 0.873. The Balaban J connectivity index is 3.68. The zero-order valence-corrected chi connectivity index (χ0v) is 40.7. The molecule has 0 aromatic carbocycles. The van der Waals surface area contributed by atoms with Gasteiger partial charge in [0, 0.05) is 0 Å². The van der Waals surface area contributed by atoms with E-state index in [2.05, 4.69) is 55.6 Å². The number of rotatable bonds is 49. The lowest BCUT2D eigenvalue weighted by molar-refractivity contribution is -0.132. The minimum absolute atomic E-state index is 0.362. The smallest absolute Gasteiger partial charge is 0.249 e. The minimum atomic E-state index is -1.29. The number of unbranched alkanes of at least 4 members (excludes halogenated alkanes) is 34. The van der Waals surface area contributed by atoms with Gasteiger partial charge < -0.3 is 25.7 Å². The minimum Gasteiger partial charge on any atom is -0.394 e.